The van der Waals surface area contributed by atoms with Crippen molar-refractivity contribution in [1.29, 1.82) is 0 Å². The third-order valence-corrected chi connectivity index (χ3v) is 6.35. The Balaban J connectivity index is 1.87. The molecule has 0 bridgehead atoms. The third kappa shape index (κ3) is 6.27. The maximum absolute atomic E-state index is 12.6. The molecule has 1 amide bonds. The number of sulfonamides is 1. The van der Waals surface area contributed by atoms with E-state index in [1.54, 1.807) is 31.2 Å². The highest BCUT2D eigenvalue weighted by molar-refractivity contribution is 7.98. The highest BCUT2D eigenvalue weighted by Crippen LogP contribution is 2.19. The van der Waals surface area contributed by atoms with E-state index in [9.17, 15) is 13.2 Å². The molecule has 0 unspecified atom stereocenters. The number of amides is 1. The lowest BCUT2D eigenvalue weighted by Crippen LogP contribution is -2.43. The molecule has 2 aromatic carbocycles. The van der Waals surface area contributed by atoms with Crippen LogP contribution in [0, 0.1) is 0 Å². The van der Waals surface area contributed by atoms with E-state index in [0.717, 1.165) is 9.20 Å². The first-order valence-electron chi connectivity index (χ1n) is 8.40. The van der Waals surface area contributed by atoms with E-state index in [4.69, 9.17) is 4.74 Å². The average molecular weight is 409 g/mol. The Labute approximate surface area is 165 Å². The molecule has 0 saturated carbocycles. The zero-order valence-electron chi connectivity index (χ0n) is 15.6. The molecule has 0 aliphatic rings. The summed E-state index contributed by atoms with van der Waals surface area (Å²) in [5.74, 6) is 0.331. The normalized spacial score (nSPS) is 12.6. The zero-order valence-corrected chi connectivity index (χ0v) is 17.2. The lowest BCUT2D eigenvalue weighted by Gasteiger charge is -2.19. The number of nitrogens with zero attached hydrogens (tertiary/aromatic N) is 1. The molecule has 0 spiro atoms. The number of rotatable bonds is 9. The number of nitrogens with one attached hydrogen (secondary N) is 1. The van der Waals surface area contributed by atoms with E-state index < -0.39 is 10.0 Å². The van der Waals surface area contributed by atoms with Crippen LogP contribution < -0.4 is 10.1 Å². The first-order chi connectivity index (χ1) is 12.8. The topological polar surface area (TPSA) is 75.7 Å². The minimum absolute atomic E-state index is 0.163. The van der Waals surface area contributed by atoms with Crippen molar-refractivity contribution in [1.82, 2.24) is 9.62 Å². The molecule has 0 aliphatic heterocycles. The van der Waals surface area contributed by atoms with Crippen LogP contribution in [0.1, 0.15) is 6.92 Å². The van der Waals surface area contributed by atoms with E-state index >= 15 is 0 Å². The highest BCUT2D eigenvalue weighted by Gasteiger charge is 2.23. The lowest BCUT2D eigenvalue weighted by atomic mass is 10.3. The van der Waals surface area contributed by atoms with Crippen LogP contribution in [0.4, 0.5) is 0 Å². The second-order valence-electron chi connectivity index (χ2n) is 6.03. The Morgan fingerprint density at radius 1 is 1.15 bits per heavy atom. The summed E-state index contributed by atoms with van der Waals surface area (Å²) in [7, 11) is -2.33. The molecule has 1 atom stereocenters. The van der Waals surface area contributed by atoms with E-state index in [-0.39, 0.29) is 23.4 Å². The molecular formula is C19H24N2O4S2. The Morgan fingerprint density at radius 2 is 1.78 bits per heavy atom. The standard InChI is InChI=1S/C19H24N2O4S2/c1-15(14-25-16-7-5-4-6-8-16)20-19(22)13-21(2)27(23,24)18-11-9-17(26-3)10-12-18/h4-12,15H,13-14H2,1-3H3,(H,20,22)/t15-/m1/s1. The summed E-state index contributed by atoms with van der Waals surface area (Å²) in [6, 6.07) is 15.6. The van der Waals surface area contributed by atoms with Gasteiger partial charge in [0, 0.05) is 11.9 Å². The monoisotopic (exact) mass is 408 g/mol. The van der Waals surface area contributed by atoms with E-state index in [2.05, 4.69) is 5.32 Å². The van der Waals surface area contributed by atoms with Crippen LogP contribution >= 0.6 is 11.8 Å². The van der Waals surface area contributed by atoms with Gasteiger partial charge >= 0.3 is 0 Å². The van der Waals surface area contributed by atoms with Crippen molar-refractivity contribution < 1.29 is 17.9 Å². The van der Waals surface area contributed by atoms with Crippen LogP contribution in [-0.4, -0.2) is 51.1 Å². The quantitative estimate of drug-likeness (QED) is 0.646. The molecule has 0 radical (unpaired) electrons. The third-order valence-electron chi connectivity index (χ3n) is 3.78. The Kier molecular flexibility index (Phi) is 7.70. The van der Waals surface area contributed by atoms with Crippen molar-refractivity contribution in [2.45, 2.75) is 22.8 Å². The first kappa shape index (κ1) is 21.3. The van der Waals surface area contributed by atoms with Gasteiger partial charge in [0.25, 0.3) is 0 Å². The summed E-state index contributed by atoms with van der Waals surface area (Å²) in [5.41, 5.74) is 0. The molecule has 2 aromatic rings. The van der Waals surface area contributed by atoms with Crippen molar-refractivity contribution in [2.24, 2.45) is 0 Å². The van der Waals surface area contributed by atoms with Crippen LogP contribution in [-0.2, 0) is 14.8 Å². The second kappa shape index (κ2) is 9.77. The number of benzene rings is 2. The number of thioether (sulfide) groups is 1. The van der Waals surface area contributed by atoms with Gasteiger partial charge in [-0.2, -0.15) is 4.31 Å². The second-order valence-corrected chi connectivity index (χ2v) is 8.95. The van der Waals surface area contributed by atoms with Gasteiger partial charge in [0.2, 0.25) is 15.9 Å². The van der Waals surface area contributed by atoms with E-state index in [1.807, 2.05) is 36.6 Å². The van der Waals surface area contributed by atoms with Gasteiger partial charge in [-0.1, -0.05) is 18.2 Å². The largest absolute Gasteiger partial charge is 0.491 e. The van der Waals surface area contributed by atoms with Crippen LogP contribution in [0.25, 0.3) is 0 Å². The molecule has 1 N–H and O–H groups in total. The summed E-state index contributed by atoms with van der Waals surface area (Å²) >= 11 is 1.53. The number of hydrogen-bond donors (Lipinski definition) is 1. The average Bonchev–Trinajstić information content (AvgIpc) is 2.67. The molecule has 0 heterocycles. The van der Waals surface area contributed by atoms with Gasteiger partial charge in [0.15, 0.2) is 0 Å². The van der Waals surface area contributed by atoms with Crippen molar-refractivity contribution in [3.8, 4) is 5.75 Å². The van der Waals surface area contributed by atoms with Crippen LogP contribution in [0.3, 0.4) is 0 Å². The van der Waals surface area contributed by atoms with Gasteiger partial charge in [-0.3, -0.25) is 4.79 Å². The lowest BCUT2D eigenvalue weighted by molar-refractivity contribution is -0.121. The predicted octanol–water partition coefficient (Wildman–Crippen LogP) is 2.61. The van der Waals surface area contributed by atoms with Gasteiger partial charge in [-0.05, 0) is 49.6 Å². The molecule has 146 valence electrons. The fraction of sp³-hybridized carbons (Fsp3) is 0.316. The summed E-state index contributed by atoms with van der Waals surface area (Å²) in [6.07, 6.45) is 1.92. The fourth-order valence-corrected chi connectivity index (χ4v) is 3.85. The molecule has 0 saturated heterocycles. The smallest absolute Gasteiger partial charge is 0.243 e. The SMILES string of the molecule is CSc1ccc(S(=O)(=O)N(C)CC(=O)N[C@H](C)COc2ccccc2)cc1. The van der Waals surface area contributed by atoms with E-state index in [1.165, 1.54) is 18.8 Å². The summed E-state index contributed by atoms with van der Waals surface area (Å²) < 4.78 is 31.8. The Bertz CT molecular complexity index is 840. The van der Waals surface area contributed by atoms with Crippen molar-refractivity contribution in [3.63, 3.8) is 0 Å². The molecule has 27 heavy (non-hydrogen) atoms. The summed E-state index contributed by atoms with van der Waals surface area (Å²) in [5, 5.41) is 2.75. The number of carbonyl (C=O) groups is 1. The Hall–Kier alpha value is -2.03. The molecule has 8 heteroatoms. The predicted molar refractivity (Wildman–Crippen MR) is 108 cm³/mol. The van der Waals surface area contributed by atoms with Crippen molar-refractivity contribution in [3.05, 3.63) is 54.6 Å². The number of carbonyl (C=O) groups excluding carboxylic acids is 1. The van der Waals surface area contributed by atoms with Gasteiger partial charge in [0.1, 0.15) is 12.4 Å². The fourth-order valence-electron chi connectivity index (χ4n) is 2.31. The minimum Gasteiger partial charge on any atom is -0.491 e. The van der Waals surface area contributed by atoms with Crippen LogP contribution in [0.5, 0.6) is 5.75 Å². The van der Waals surface area contributed by atoms with E-state index in [0.29, 0.717) is 12.4 Å². The number of hydrogen-bond acceptors (Lipinski definition) is 5. The molecule has 0 aromatic heterocycles. The molecule has 2 rings (SSSR count). The van der Waals surface area contributed by atoms with Gasteiger partial charge in [-0.15, -0.1) is 11.8 Å². The number of para-hydroxylation sites is 1. The van der Waals surface area contributed by atoms with Crippen molar-refractivity contribution >= 4 is 27.7 Å². The van der Waals surface area contributed by atoms with Crippen LogP contribution in [0.2, 0.25) is 0 Å². The minimum atomic E-state index is -3.72. The number of ether oxygens (including phenoxy) is 1. The molecule has 0 fully saturated rings. The Morgan fingerprint density at radius 3 is 2.37 bits per heavy atom. The van der Waals surface area contributed by atoms with Crippen molar-refractivity contribution in [2.75, 3.05) is 26.5 Å². The summed E-state index contributed by atoms with van der Waals surface area (Å²) in [4.78, 5) is 13.3. The van der Waals surface area contributed by atoms with Crippen LogP contribution in [0.15, 0.2) is 64.4 Å². The maximum Gasteiger partial charge on any atom is 0.243 e. The number of likely N-dealkylation sites (N-methyl/N-ethyl adjacent to an activating group) is 1. The molecule has 0 aliphatic carbocycles. The highest BCUT2D eigenvalue weighted by atomic mass is 32.2. The summed E-state index contributed by atoms with van der Waals surface area (Å²) in [6.45, 7) is 1.83. The van der Waals surface area contributed by atoms with Gasteiger partial charge in [-0.25, -0.2) is 8.42 Å². The van der Waals surface area contributed by atoms with Gasteiger partial charge < -0.3 is 10.1 Å². The maximum atomic E-state index is 12.6. The molecule has 6 nitrogen and oxygen atoms in total. The zero-order chi connectivity index (χ0) is 19.9. The first-order valence-corrected chi connectivity index (χ1v) is 11.1. The molecular weight excluding hydrogens is 384 g/mol. The van der Waals surface area contributed by atoms with Gasteiger partial charge in [0.05, 0.1) is 17.5 Å².